The van der Waals surface area contributed by atoms with Crippen LogP contribution in [0.5, 0.6) is 0 Å². The molecule has 1 aromatic rings. The molecular weight excluding hydrogens is 484 g/mol. The number of piperidine rings is 1. The molecule has 3 heterocycles. The molecule has 0 bridgehead atoms. The lowest BCUT2D eigenvalue weighted by Crippen LogP contribution is -2.52. The molecule has 3 unspecified atom stereocenters. The minimum absolute atomic E-state index is 0. The fourth-order valence-corrected chi connectivity index (χ4v) is 4.01. The Labute approximate surface area is 181 Å². The van der Waals surface area contributed by atoms with Crippen molar-refractivity contribution < 1.29 is 13.2 Å². The van der Waals surface area contributed by atoms with E-state index in [1.54, 1.807) is 6.20 Å². The number of guanidine groups is 1. The third-order valence-corrected chi connectivity index (χ3v) is 5.44. The lowest BCUT2D eigenvalue weighted by atomic mass is 9.93. The van der Waals surface area contributed by atoms with Crippen LogP contribution in [0.4, 0.5) is 13.2 Å². The van der Waals surface area contributed by atoms with Crippen LogP contribution in [0.3, 0.4) is 0 Å². The van der Waals surface area contributed by atoms with E-state index in [1.807, 2.05) is 19.4 Å². The number of halogens is 4. The van der Waals surface area contributed by atoms with Crippen molar-refractivity contribution in [2.24, 2.45) is 10.9 Å². The number of likely N-dealkylation sites (tertiary alicyclic amines) is 2. The van der Waals surface area contributed by atoms with Crippen LogP contribution in [0.15, 0.2) is 23.7 Å². The van der Waals surface area contributed by atoms with Gasteiger partial charge in [0.05, 0.1) is 18.9 Å². The molecule has 1 aromatic heterocycles. The zero-order valence-electron chi connectivity index (χ0n) is 16.4. The number of aromatic nitrogens is 2. The minimum atomic E-state index is -4.14. The van der Waals surface area contributed by atoms with Gasteiger partial charge in [-0.3, -0.25) is 9.89 Å². The molecule has 0 aromatic carbocycles. The Morgan fingerprint density at radius 1 is 1.25 bits per heavy atom. The second-order valence-corrected chi connectivity index (χ2v) is 7.57. The van der Waals surface area contributed by atoms with E-state index in [0.29, 0.717) is 38.0 Å². The first-order valence-electron chi connectivity index (χ1n) is 9.68. The zero-order chi connectivity index (χ0) is 19.4. The van der Waals surface area contributed by atoms with E-state index in [4.69, 9.17) is 0 Å². The smallest absolute Gasteiger partial charge is 0.352 e. The molecule has 10 heteroatoms. The monoisotopic (exact) mass is 514 g/mol. The van der Waals surface area contributed by atoms with Crippen LogP contribution < -0.4 is 5.32 Å². The maximum atomic E-state index is 12.6. The van der Waals surface area contributed by atoms with E-state index in [0.717, 1.165) is 25.5 Å². The molecule has 160 valence electrons. The molecule has 0 radical (unpaired) electrons. The van der Waals surface area contributed by atoms with Crippen molar-refractivity contribution in [2.45, 2.75) is 44.9 Å². The van der Waals surface area contributed by atoms with Crippen molar-refractivity contribution in [1.29, 1.82) is 0 Å². The highest BCUT2D eigenvalue weighted by Gasteiger charge is 2.35. The SMILES string of the molecule is CCN=C(NC1CCN(CC(F)(F)F)C1)N1CCC(C)C(n2ccnc2)C1.I. The Hall–Kier alpha value is -1.04. The molecule has 28 heavy (non-hydrogen) atoms. The predicted octanol–water partition coefficient (Wildman–Crippen LogP) is 2.99. The van der Waals surface area contributed by atoms with E-state index >= 15 is 0 Å². The standard InChI is InChI=1S/C18H29F3N6.HI/c1-3-23-17(24-15-5-7-25(10-15)12-18(19,20)21)26-8-4-14(2)16(11-26)27-9-6-22-13-27;/h6,9,13-16H,3-5,7-8,10-12H2,1-2H3,(H,23,24);1H. The summed E-state index contributed by atoms with van der Waals surface area (Å²) in [6.45, 7) is 6.62. The molecule has 2 aliphatic rings. The highest BCUT2D eigenvalue weighted by Crippen LogP contribution is 2.27. The zero-order valence-corrected chi connectivity index (χ0v) is 18.7. The van der Waals surface area contributed by atoms with Gasteiger partial charge in [0, 0.05) is 51.2 Å². The van der Waals surface area contributed by atoms with Crippen molar-refractivity contribution in [3.05, 3.63) is 18.7 Å². The van der Waals surface area contributed by atoms with Gasteiger partial charge < -0.3 is 14.8 Å². The fourth-order valence-electron chi connectivity index (χ4n) is 4.01. The summed E-state index contributed by atoms with van der Waals surface area (Å²) in [4.78, 5) is 12.5. The van der Waals surface area contributed by atoms with E-state index in [2.05, 4.69) is 31.7 Å². The van der Waals surface area contributed by atoms with Crippen LogP contribution >= 0.6 is 24.0 Å². The number of nitrogens with zero attached hydrogens (tertiary/aromatic N) is 5. The maximum absolute atomic E-state index is 12.6. The first-order valence-corrected chi connectivity index (χ1v) is 9.68. The minimum Gasteiger partial charge on any atom is -0.352 e. The number of alkyl halides is 3. The van der Waals surface area contributed by atoms with E-state index in [1.165, 1.54) is 4.90 Å². The van der Waals surface area contributed by atoms with Crippen LogP contribution in [0.1, 0.15) is 32.7 Å². The molecule has 0 spiro atoms. The van der Waals surface area contributed by atoms with Crippen molar-refractivity contribution in [2.75, 3.05) is 39.3 Å². The highest BCUT2D eigenvalue weighted by molar-refractivity contribution is 14.0. The van der Waals surface area contributed by atoms with Crippen molar-refractivity contribution in [3.63, 3.8) is 0 Å². The number of nitrogens with one attached hydrogen (secondary N) is 1. The number of rotatable bonds is 4. The van der Waals surface area contributed by atoms with E-state index < -0.39 is 12.7 Å². The van der Waals surface area contributed by atoms with Crippen LogP contribution in [0.25, 0.3) is 0 Å². The molecule has 1 N–H and O–H groups in total. The van der Waals surface area contributed by atoms with Crippen molar-refractivity contribution >= 4 is 29.9 Å². The summed E-state index contributed by atoms with van der Waals surface area (Å²) in [5.74, 6) is 1.35. The Morgan fingerprint density at radius 3 is 2.68 bits per heavy atom. The van der Waals surface area contributed by atoms with Crippen LogP contribution in [-0.4, -0.2) is 76.8 Å². The summed E-state index contributed by atoms with van der Waals surface area (Å²) in [6.07, 6.45) is 3.22. The predicted molar refractivity (Wildman–Crippen MR) is 114 cm³/mol. The van der Waals surface area contributed by atoms with Crippen LogP contribution in [-0.2, 0) is 0 Å². The number of hydrogen-bond donors (Lipinski definition) is 1. The second-order valence-electron chi connectivity index (χ2n) is 7.57. The van der Waals surface area contributed by atoms with E-state index in [9.17, 15) is 13.2 Å². The number of aliphatic imine (C=N–C) groups is 1. The van der Waals surface area contributed by atoms with Gasteiger partial charge in [-0.25, -0.2) is 4.98 Å². The van der Waals surface area contributed by atoms with Crippen molar-refractivity contribution in [1.82, 2.24) is 24.7 Å². The average molecular weight is 514 g/mol. The first-order chi connectivity index (χ1) is 12.9. The molecule has 6 nitrogen and oxygen atoms in total. The molecular formula is C18H30F3IN6. The topological polar surface area (TPSA) is 48.7 Å². The molecule has 0 amide bonds. The quantitative estimate of drug-likeness (QED) is 0.382. The fraction of sp³-hybridized carbons (Fsp3) is 0.778. The molecule has 3 atom stereocenters. The van der Waals surface area contributed by atoms with Gasteiger partial charge in [-0.1, -0.05) is 6.92 Å². The summed E-state index contributed by atoms with van der Waals surface area (Å²) < 4.78 is 40.0. The normalized spacial score (nSPS) is 27.0. The Bertz CT molecular complexity index is 621. The summed E-state index contributed by atoms with van der Waals surface area (Å²) in [7, 11) is 0. The lowest BCUT2D eigenvalue weighted by Gasteiger charge is -2.40. The summed E-state index contributed by atoms with van der Waals surface area (Å²) in [6, 6.07) is 0.319. The molecule has 0 aliphatic carbocycles. The van der Waals surface area contributed by atoms with Crippen LogP contribution in [0.2, 0.25) is 0 Å². The number of hydrogen-bond acceptors (Lipinski definition) is 3. The van der Waals surface area contributed by atoms with Crippen molar-refractivity contribution in [3.8, 4) is 0 Å². The van der Waals surface area contributed by atoms with Gasteiger partial charge in [-0.05, 0) is 25.7 Å². The average Bonchev–Trinajstić information content (AvgIpc) is 3.26. The summed E-state index contributed by atoms with van der Waals surface area (Å²) >= 11 is 0. The van der Waals surface area contributed by atoms with Gasteiger partial charge in [0.25, 0.3) is 0 Å². The van der Waals surface area contributed by atoms with E-state index in [-0.39, 0.29) is 30.0 Å². The summed E-state index contributed by atoms with van der Waals surface area (Å²) in [5, 5.41) is 3.43. The Morgan fingerprint density at radius 2 is 2.04 bits per heavy atom. The largest absolute Gasteiger partial charge is 0.401 e. The molecule has 2 aliphatic heterocycles. The third-order valence-electron chi connectivity index (χ3n) is 5.44. The highest BCUT2D eigenvalue weighted by atomic mass is 127. The second kappa shape index (κ2) is 10.1. The first kappa shape index (κ1) is 23.2. The Balaban J connectivity index is 0.00000280. The van der Waals surface area contributed by atoms with Crippen LogP contribution in [0, 0.1) is 5.92 Å². The lowest BCUT2D eigenvalue weighted by molar-refractivity contribution is -0.143. The molecule has 0 saturated carbocycles. The molecule has 2 fully saturated rings. The molecule has 2 saturated heterocycles. The van der Waals surface area contributed by atoms with Gasteiger partial charge in [0.15, 0.2) is 5.96 Å². The van der Waals surface area contributed by atoms with Gasteiger partial charge in [-0.2, -0.15) is 13.2 Å². The number of imidazole rings is 1. The Kier molecular flexibility index (Phi) is 8.41. The van der Waals surface area contributed by atoms with Gasteiger partial charge in [-0.15, -0.1) is 24.0 Å². The third kappa shape index (κ3) is 6.23. The van der Waals surface area contributed by atoms with Gasteiger partial charge in [0.1, 0.15) is 0 Å². The van der Waals surface area contributed by atoms with Gasteiger partial charge >= 0.3 is 6.18 Å². The summed E-state index contributed by atoms with van der Waals surface area (Å²) in [5.41, 5.74) is 0. The maximum Gasteiger partial charge on any atom is 0.401 e. The molecule has 3 rings (SSSR count). The van der Waals surface area contributed by atoms with Gasteiger partial charge in [0.2, 0.25) is 0 Å².